The molecule has 0 aromatic heterocycles. The fraction of sp³-hybridized carbons (Fsp3) is 0.727. The van der Waals surface area contributed by atoms with Gasteiger partial charge in [-0.25, -0.2) is 0 Å². The van der Waals surface area contributed by atoms with Crippen LogP contribution in [-0.4, -0.2) is 22.6 Å². The molecule has 0 saturated heterocycles. The molecule has 84 valence electrons. The van der Waals surface area contributed by atoms with Gasteiger partial charge in [0.2, 0.25) is 0 Å². The highest BCUT2D eigenvalue weighted by Gasteiger charge is 2.37. The maximum absolute atomic E-state index is 11.6. The second-order valence-corrected chi connectivity index (χ2v) is 4.46. The third-order valence-corrected chi connectivity index (χ3v) is 3.02. The standard InChI is InChI=1S/C11H16O4/c1-6-3-8(12)5-9(13)11(6)7(2)4-10(14)15/h6-7,11H,3-5H2,1-2H3,(H,14,15). The Morgan fingerprint density at radius 3 is 2.60 bits per heavy atom. The van der Waals surface area contributed by atoms with Crippen LogP contribution in [0.3, 0.4) is 0 Å². The Morgan fingerprint density at radius 1 is 1.53 bits per heavy atom. The van der Waals surface area contributed by atoms with Crippen molar-refractivity contribution in [2.75, 3.05) is 0 Å². The second kappa shape index (κ2) is 4.55. The first-order valence-corrected chi connectivity index (χ1v) is 5.18. The van der Waals surface area contributed by atoms with Crippen LogP contribution in [0.25, 0.3) is 0 Å². The summed E-state index contributed by atoms with van der Waals surface area (Å²) in [6.07, 6.45) is 0.383. The van der Waals surface area contributed by atoms with Gasteiger partial charge in [-0.05, 0) is 11.8 Å². The van der Waals surface area contributed by atoms with E-state index in [4.69, 9.17) is 5.11 Å². The quantitative estimate of drug-likeness (QED) is 0.715. The Morgan fingerprint density at radius 2 is 2.13 bits per heavy atom. The van der Waals surface area contributed by atoms with Crippen molar-refractivity contribution >= 4 is 17.5 Å². The molecule has 0 bridgehead atoms. The Hall–Kier alpha value is -1.19. The molecule has 1 aliphatic carbocycles. The SMILES string of the molecule is CC(CC(=O)O)C1C(=O)CC(=O)CC1C. The van der Waals surface area contributed by atoms with Crippen LogP contribution in [0.15, 0.2) is 0 Å². The van der Waals surface area contributed by atoms with E-state index in [0.29, 0.717) is 6.42 Å². The molecule has 1 rings (SSSR count). The number of carbonyl (C=O) groups is 3. The highest BCUT2D eigenvalue weighted by molar-refractivity contribution is 6.02. The summed E-state index contributed by atoms with van der Waals surface area (Å²) >= 11 is 0. The van der Waals surface area contributed by atoms with Gasteiger partial charge in [0, 0.05) is 18.8 Å². The van der Waals surface area contributed by atoms with E-state index in [-0.39, 0.29) is 42.2 Å². The van der Waals surface area contributed by atoms with Crippen molar-refractivity contribution in [3.05, 3.63) is 0 Å². The molecule has 4 nitrogen and oxygen atoms in total. The van der Waals surface area contributed by atoms with Crippen molar-refractivity contribution in [1.82, 2.24) is 0 Å². The lowest BCUT2D eigenvalue weighted by Gasteiger charge is -2.30. The predicted molar refractivity (Wildman–Crippen MR) is 53.3 cm³/mol. The van der Waals surface area contributed by atoms with Gasteiger partial charge in [-0.3, -0.25) is 14.4 Å². The molecular formula is C11H16O4. The van der Waals surface area contributed by atoms with Crippen LogP contribution < -0.4 is 0 Å². The van der Waals surface area contributed by atoms with E-state index in [0.717, 1.165) is 0 Å². The van der Waals surface area contributed by atoms with Crippen LogP contribution >= 0.6 is 0 Å². The van der Waals surface area contributed by atoms with Crippen molar-refractivity contribution < 1.29 is 19.5 Å². The zero-order chi connectivity index (χ0) is 11.6. The molecule has 1 aliphatic rings. The summed E-state index contributed by atoms with van der Waals surface area (Å²) in [5, 5.41) is 8.66. The third-order valence-electron chi connectivity index (χ3n) is 3.02. The van der Waals surface area contributed by atoms with Gasteiger partial charge in [-0.2, -0.15) is 0 Å². The Labute approximate surface area is 88.7 Å². The van der Waals surface area contributed by atoms with Gasteiger partial charge in [0.05, 0.1) is 6.42 Å². The Bertz CT molecular complexity index is 295. The van der Waals surface area contributed by atoms with Gasteiger partial charge in [0.1, 0.15) is 11.6 Å². The number of rotatable bonds is 3. The van der Waals surface area contributed by atoms with Crippen molar-refractivity contribution in [3.63, 3.8) is 0 Å². The van der Waals surface area contributed by atoms with Crippen LogP contribution in [0.2, 0.25) is 0 Å². The predicted octanol–water partition coefficient (Wildman–Crippen LogP) is 1.28. The molecule has 0 aromatic rings. The number of carboxylic acid groups (broad SMARTS) is 1. The molecule has 15 heavy (non-hydrogen) atoms. The van der Waals surface area contributed by atoms with Crippen LogP contribution in [-0.2, 0) is 14.4 Å². The zero-order valence-corrected chi connectivity index (χ0v) is 9.03. The number of carbonyl (C=O) groups excluding carboxylic acids is 2. The van der Waals surface area contributed by atoms with Gasteiger partial charge in [0.15, 0.2) is 0 Å². The lowest BCUT2D eigenvalue weighted by atomic mass is 9.71. The van der Waals surface area contributed by atoms with Crippen molar-refractivity contribution in [2.45, 2.75) is 33.1 Å². The highest BCUT2D eigenvalue weighted by Crippen LogP contribution is 2.32. The van der Waals surface area contributed by atoms with Crippen LogP contribution in [0.1, 0.15) is 33.1 Å². The van der Waals surface area contributed by atoms with Crippen molar-refractivity contribution in [3.8, 4) is 0 Å². The van der Waals surface area contributed by atoms with Gasteiger partial charge in [-0.1, -0.05) is 13.8 Å². The van der Waals surface area contributed by atoms with Gasteiger partial charge >= 0.3 is 5.97 Å². The molecule has 0 heterocycles. The number of hydrogen-bond acceptors (Lipinski definition) is 3. The van der Waals surface area contributed by atoms with Gasteiger partial charge in [0.25, 0.3) is 0 Å². The van der Waals surface area contributed by atoms with Gasteiger partial charge in [-0.15, -0.1) is 0 Å². The topological polar surface area (TPSA) is 71.4 Å². The number of aliphatic carboxylic acids is 1. The maximum Gasteiger partial charge on any atom is 0.303 e. The number of hydrogen-bond donors (Lipinski definition) is 1. The zero-order valence-electron chi connectivity index (χ0n) is 9.03. The summed E-state index contributed by atoms with van der Waals surface area (Å²) < 4.78 is 0. The van der Waals surface area contributed by atoms with E-state index >= 15 is 0 Å². The lowest BCUT2D eigenvalue weighted by Crippen LogP contribution is -2.36. The van der Waals surface area contributed by atoms with Crippen molar-refractivity contribution in [2.24, 2.45) is 17.8 Å². The van der Waals surface area contributed by atoms with Crippen LogP contribution in [0, 0.1) is 17.8 Å². The molecule has 4 heteroatoms. The summed E-state index contributed by atoms with van der Waals surface area (Å²) in [6.45, 7) is 3.61. The van der Waals surface area contributed by atoms with Crippen LogP contribution in [0.4, 0.5) is 0 Å². The second-order valence-electron chi connectivity index (χ2n) is 4.46. The summed E-state index contributed by atoms with van der Waals surface area (Å²) in [7, 11) is 0. The maximum atomic E-state index is 11.6. The lowest BCUT2D eigenvalue weighted by molar-refractivity contribution is -0.140. The summed E-state index contributed by atoms with van der Waals surface area (Å²) in [4.78, 5) is 33.3. The highest BCUT2D eigenvalue weighted by atomic mass is 16.4. The first-order valence-electron chi connectivity index (χ1n) is 5.18. The van der Waals surface area contributed by atoms with E-state index < -0.39 is 5.97 Å². The Balaban J connectivity index is 2.70. The fourth-order valence-electron chi connectivity index (χ4n) is 2.47. The first-order chi connectivity index (χ1) is 6.91. The molecule has 1 fully saturated rings. The minimum atomic E-state index is -0.889. The van der Waals surface area contributed by atoms with E-state index in [9.17, 15) is 14.4 Å². The molecule has 1 N–H and O–H groups in total. The molecule has 0 radical (unpaired) electrons. The molecular weight excluding hydrogens is 196 g/mol. The van der Waals surface area contributed by atoms with E-state index in [1.165, 1.54) is 0 Å². The van der Waals surface area contributed by atoms with Crippen molar-refractivity contribution in [1.29, 1.82) is 0 Å². The fourth-order valence-corrected chi connectivity index (χ4v) is 2.47. The summed E-state index contributed by atoms with van der Waals surface area (Å²) in [6, 6.07) is 0. The molecule has 0 aliphatic heterocycles. The van der Waals surface area contributed by atoms with Crippen LogP contribution in [0.5, 0.6) is 0 Å². The largest absolute Gasteiger partial charge is 0.481 e. The number of carboxylic acids is 1. The minimum absolute atomic E-state index is 0.00502. The molecule has 0 amide bonds. The average molecular weight is 212 g/mol. The molecule has 0 aromatic carbocycles. The number of ketones is 2. The van der Waals surface area contributed by atoms with Gasteiger partial charge < -0.3 is 5.11 Å². The van der Waals surface area contributed by atoms with E-state index in [2.05, 4.69) is 0 Å². The Kier molecular flexibility index (Phi) is 3.61. The average Bonchev–Trinajstić information content (AvgIpc) is 1.99. The number of Topliss-reactive ketones (excluding diaryl/α,β-unsaturated/α-hetero) is 2. The summed E-state index contributed by atoms with van der Waals surface area (Å²) in [5.41, 5.74) is 0. The molecule has 3 atom stereocenters. The first kappa shape index (κ1) is 11.9. The normalized spacial score (nSPS) is 28.9. The van der Waals surface area contributed by atoms with E-state index in [1.807, 2.05) is 6.92 Å². The monoisotopic (exact) mass is 212 g/mol. The third kappa shape index (κ3) is 2.88. The minimum Gasteiger partial charge on any atom is -0.481 e. The van der Waals surface area contributed by atoms with E-state index in [1.54, 1.807) is 6.92 Å². The smallest absolute Gasteiger partial charge is 0.303 e. The molecule has 0 spiro atoms. The molecule has 3 unspecified atom stereocenters. The summed E-state index contributed by atoms with van der Waals surface area (Å²) in [5.74, 6) is -1.47. The molecule has 1 saturated carbocycles.